The lowest BCUT2D eigenvalue weighted by Crippen LogP contribution is -2.08. The SMILES string of the molecule is COc1ccc(-c2nc3c(C(N)=O)scc3[nH]2)cc1. The third-order valence-corrected chi connectivity index (χ3v) is 3.81. The number of aromatic amines is 1. The number of rotatable bonds is 3. The number of hydrogen-bond acceptors (Lipinski definition) is 4. The Morgan fingerprint density at radius 3 is 2.74 bits per heavy atom. The van der Waals surface area contributed by atoms with Crippen molar-refractivity contribution in [3.63, 3.8) is 0 Å². The number of imidazole rings is 1. The maximum atomic E-state index is 11.3. The average Bonchev–Trinajstić information content (AvgIpc) is 2.98. The molecule has 0 radical (unpaired) electrons. The summed E-state index contributed by atoms with van der Waals surface area (Å²) in [6.45, 7) is 0. The third kappa shape index (κ3) is 1.96. The lowest BCUT2D eigenvalue weighted by atomic mass is 10.2. The van der Waals surface area contributed by atoms with Crippen molar-refractivity contribution < 1.29 is 9.53 Å². The monoisotopic (exact) mass is 273 g/mol. The van der Waals surface area contributed by atoms with Crippen LogP contribution in [0.25, 0.3) is 22.4 Å². The van der Waals surface area contributed by atoms with Crippen molar-refractivity contribution in [2.45, 2.75) is 0 Å². The number of carbonyl (C=O) groups is 1. The molecule has 0 atom stereocenters. The van der Waals surface area contributed by atoms with Gasteiger partial charge in [-0.2, -0.15) is 0 Å². The molecule has 6 heteroatoms. The van der Waals surface area contributed by atoms with Crippen LogP contribution in [0.4, 0.5) is 0 Å². The predicted octanol–water partition coefficient (Wildman–Crippen LogP) is 2.40. The van der Waals surface area contributed by atoms with Gasteiger partial charge in [0.15, 0.2) is 0 Å². The van der Waals surface area contributed by atoms with Crippen molar-refractivity contribution in [2.75, 3.05) is 7.11 Å². The van der Waals surface area contributed by atoms with Gasteiger partial charge in [0.25, 0.3) is 5.91 Å². The minimum absolute atomic E-state index is 0.451. The van der Waals surface area contributed by atoms with Gasteiger partial charge in [-0.3, -0.25) is 4.79 Å². The van der Waals surface area contributed by atoms with Crippen LogP contribution in [-0.4, -0.2) is 23.0 Å². The lowest BCUT2D eigenvalue weighted by Gasteiger charge is -2.00. The van der Waals surface area contributed by atoms with Crippen molar-refractivity contribution in [2.24, 2.45) is 5.73 Å². The fourth-order valence-electron chi connectivity index (χ4n) is 1.88. The summed E-state index contributed by atoms with van der Waals surface area (Å²) >= 11 is 1.30. The fraction of sp³-hybridized carbons (Fsp3) is 0.0769. The van der Waals surface area contributed by atoms with Crippen molar-refractivity contribution in [3.8, 4) is 17.1 Å². The molecule has 2 aromatic heterocycles. The second-order valence-corrected chi connectivity index (χ2v) is 4.88. The predicted molar refractivity (Wildman–Crippen MR) is 74.5 cm³/mol. The number of thiophene rings is 1. The molecule has 3 N–H and O–H groups in total. The van der Waals surface area contributed by atoms with Crippen LogP contribution in [0.5, 0.6) is 5.75 Å². The highest BCUT2D eigenvalue weighted by Crippen LogP contribution is 2.27. The Bertz CT molecular complexity index is 743. The Morgan fingerprint density at radius 2 is 2.11 bits per heavy atom. The maximum absolute atomic E-state index is 11.3. The van der Waals surface area contributed by atoms with Crippen LogP contribution < -0.4 is 10.5 Å². The number of benzene rings is 1. The molecule has 0 aliphatic rings. The summed E-state index contributed by atoms with van der Waals surface area (Å²) in [4.78, 5) is 19.4. The molecule has 0 saturated carbocycles. The molecule has 5 nitrogen and oxygen atoms in total. The van der Waals surface area contributed by atoms with Gasteiger partial charge in [0.1, 0.15) is 22.0 Å². The molecule has 3 rings (SSSR count). The molecule has 3 aromatic rings. The zero-order valence-corrected chi connectivity index (χ0v) is 11.0. The molecule has 0 spiro atoms. The molecule has 0 unspecified atom stereocenters. The quantitative estimate of drug-likeness (QED) is 0.768. The van der Waals surface area contributed by atoms with E-state index in [9.17, 15) is 4.79 Å². The number of primary amides is 1. The van der Waals surface area contributed by atoms with E-state index in [1.807, 2.05) is 29.6 Å². The van der Waals surface area contributed by atoms with Gasteiger partial charge in [-0.05, 0) is 24.3 Å². The fourth-order valence-corrected chi connectivity index (χ4v) is 2.67. The van der Waals surface area contributed by atoms with Crippen LogP contribution in [0.3, 0.4) is 0 Å². The Hall–Kier alpha value is -2.34. The zero-order valence-electron chi connectivity index (χ0n) is 10.1. The Kier molecular flexibility index (Phi) is 2.72. The number of H-pyrrole nitrogens is 1. The van der Waals surface area contributed by atoms with Crippen molar-refractivity contribution in [1.82, 2.24) is 9.97 Å². The first-order chi connectivity index (χ1) is 9.19. The van der Waals surface area contributed by atoms with Gasteiger partial charge >= 0.3 is 0 Å². The second-order valence-electron chi connectivity index (χ2n) is 4.01. The number of carbonyl (C=O) groups excluding carboxylic acids is 1. The van der Waals surface area contributed by atoms with Crippen molar-refractivity contribution in [3.05, 3.63) is 34.5 Å². The van der Waals surface area contributed by atoms with E-state index in [2.05, 4.69) is 9.97 Å². The molecule has 1 aromatic carbocycles. The first kappa shape index (κ1) is 11.7. The van der Waals surface area contributed by atoms with Gasteiger partial charge < -0.3 is 15.5 Å². The maximum Gasteiger partial charge on any atom is 0.261 e. The number of ether oxygens (including phenoxy) is 1. The van der Waals surface area contributed by atoms with E-state index in [0.29, 0.717) is 16.2 Å². The van der Waals surface area contributed by atoms with Crippen LogP contribution in [0.15, 0.2) is 29.6 Å². The van der Waals surface area contributed by atoms with Gasteiger partial charge in [-0.25, -0.2) is 4.98 Å². The third-order valence-electron chi connectivity index (χ3n) is 2.83. The van der Waals surface area contributed by atoms with Crippen LogP contribution in [0, 0.1) is 0 Å². The Balaban J connectivity index is 2.07. The number of methoxy groups -OCH3 is 1. The van der Waals surface area contributed by atoms with Crippen LogP contribution in [0.1, 0.15) is 9.67 Å². The number of amides is 1. The molecule has 2 heterocycles. The van der Waals surface area contributed by atoms with Gasteiger partial charge in [-0.15, -0.1) is 11.3 Å². The topological polar surface area (TPSA) is 81.0 Å². The molecule has 96 valence electrons. The summed E-state index contributed by atoms with van der Waals surface area (Å²) in [7, 11) is 1.62. The largest absolute Gasteiger partial charge is 0.497 e. The van der Waals surface area contributed by atoms with Gasteiger partial charge in [-0.1, -0.05) is 0 Å². The smallest absolute Gasteiger partial charge is 0.261 e. The van der Waals surface area contributed by atoms with E-state index >= 15 is 0 Å². The normalized spacial score (nSPS) is 10.8. The van der Waals surface area contributed by atoms with Crippen LogP contribution in [0.2, 0.25) is 0 Å². The molecule has 1 amide bonds. The van der Waals surface area contributed by atoms with E-state index in [-0.39, 0.29) is 0 Å². The molecule has 0 aliphatic carbocycles. The average molecular weight is 273 g/mol. The minimum Gasteiger partial charge on any atom is -0.497 e. The highest BCUT2D eigenvalue weighted by atomic mass is 32.1. The molecule has 0 saturated heterocycles. The van der Waals surface area contributed by atoms with E-state index in [1.54, 1.807) is 7.11 Å². The Morgan fingerprint density at radius 1 is 1.37 bits per heavy atom. The van der Waals surface area contributed by atoms with Gasteiger partial charge in [0.2, 0.25) is 0 Å². The number of aromatic nitrogens is 2. The second kappa shape index (κ2) is 4.40. The summed E-state index contributed by atoms with van der Waals surface area (Å²) in [5.74, 6) is 1.05. The standard InChI is InChI=1S/C13H11N3O2S/c1-18-8-4-2-7(3-5-8)13-15-9-6-19-11(12(14)17)10(9)16-13/h2-6H,1H3,(H2,14,17)(H,15,16). The lowest BCUT2D eigenvalue weighted by molar-refractivity contribution is 0.101. The summed E-state index contributed by atoms with van der Waals surface area (Å²) in [6.07, 6.45) is 0. The summed E-state index contributed by atoms with van der Waals surface area (Å²) < 4.78 is 5.11. The van der Waals surface area contributed by atoms with E-state index < -0.39 is 5.91 Å². The number of nitrogens with one attached hydrogen (secondary N) is 1. The van der Waals surface area contributed by atoms with Crippen LogP contribution >= 0.6 is 11.3 Å². The van der Waals surface area contributed by atoms with Crippen molar-refractivity contribution in [1.29, 1.82) is 0 Å². The van der Waals surface area contributed by atoms with Gasteiger partial charge in [0.05, 0.1) is 12.6 Å². The molecule has 19 heavy (non-hydrogen) atoms. The summed E-state index contributed by atoms with van der Waals surface area (Å²) in [5, 5.41) is 1.84. The minimum atomic E-state index is -0.451. The zero-order chi connectivity index (χ0) is 13.4. The first-order valence-electron chi connectivity index (χ1n) is 5.60. The molecule has 0 fully saturated rings. The number of hydrogen-bond donors (Lipinski definition) is 2. The summed E-state index contributed by atoms with van der Waals surface area (Å²) in [5.41, 5.74) is 7.69. The van der Waals surface area contributed by atoms with E-state index in [4.69, 9.17) is 10.5 Å². The molecular weight excluding hydrogens is 262 g/mol. The Labute approximate surface area is 113 Å². The highest BCUT2D eigenvalue weighted by molar-refractivity contribution is 7.13. The van der Waals surface area contributed by atoms with Crippen LogP contribution in [-0.2, 0) is 0 Å². The number of fused-ring (bicyclic) bond motifs is 1. The van der Waals surface area contributed by atoms with E-state index in [0.717, 1.165) is 16.8 Å². The molecular formula is C13H11N3O2S. The van der Waals surface area contributed by atoms with E-state index in [1.165, 1.54) is 11.3 Å². The molecule has 0 aliphatic heterocycles. The van der Waals surface area contributed by atoms with Gasteiger partial charge in [0, 0.05) is 10.9 Å². The first-order valence-corrected chi connectivity index (χ1v) is 6.48. The number of nitrogens with zero attached hydrogens (tertiary/aromatic N) is 1. The van der Waals surface area contributed by atoms with Crippen molar-refractivity contribution >= 4 is 28.3 Å². The summed E-state index contributed by atoms with van der Waals surface area (Å²) in [6, 6.07) is 7.54. The highest BCUT2D eigenvalue weighted by Gasteiger charge is 2.14. The number of nitrogens with two attached hydrogens (primary N) is 1. The molecule has 0 bridgehead atoms.